The minimum absolute atomic E-state index is 0.0397. The van der Waals surface area contributed by atoms with E-state index in [0.29, 0.717) is 13.2 Å². The summed E-state index contributed by atoms with van der Waals surface area (Å²) in [6.45, 7) is 3.42. The molecule has 0 saturated carbocycles. The van der Waals surface area contributed by atoms with Gasteiger partial charge >= 0.3 is 0 Å². The molecule has 0 amide bonds. The molecule has 0 bridgehead atoms. The minimum atomic E-state index is -0.538. The van der Waals surface area contributed by atoms with Crippen LogP contribution in [-0.2, 0) is 0 Å². The fourth-order valence-electron chi connectivity index (χ4n) is 2.60. The molecule has 2 aromatic rings. The predicted octanol–water partition coefficient (Wildman–Crippen LogP) is 1.22. The molecule has 3 rings (SSSR count). The first-order valence-corrected chi connectivity index (χ1v) is 8.30. The maximum Gasteiger partial charge on any atom is 0.184 e. The first kappa shape index (κ1) is 16.6. The molecule has 1 aliphatic heterocycles. The molecule has 0 fully saturated rings. The van der Waals surface area contributed by atoms with Crippen LogP contribution in [-0.4, -0.2) is 43.1 Å². The minimum Gasteiger partial charge on any atom is -0.491 e. The molecule has 0 radical (unpaired) electrons. The Kier molecular flexibility index (Phi) is 5.56. The molecule has 3 atom stereocenters. The van der Waals surface area contributed by atoms with Crippen LogP contribution in [0, 0.1) is 0 Å². The first-order chi connectivity index (χ1) is 11.7. The molecular formula is C19H24NO4+. The number of para-hydroxylation sites is 3. The van der Waals surface area contributed by atoms with Crippen molar-refractivity contribution in [2.45, 2.75) is 25.2 Å². The van der Waals surface area contributed by atoms with Gasteiger partial charge in [-0.1, -0.05) is 30.3 Å². The monoisotopic (exact) mass is 330 g/mol. The molecule has 0 saturated heterocycles. The van der Waals surface area contributed by atoms with Crippen LogP contribution in [0.4, 0.5) is 0 Å². The van der Waals surface area contributed by atoms with Gasteiger partial charge in [-0.05, 0) is 31.2 Å². The second kappa shape index (κ2) is 8.04. The Morgan fingerprint density at radius 1 is 1.12 bits per heavy atom. The highest BCUT2D eigenvalue weighted by atomic mass is 16.6. The molecule has 0 aromatic heterocycles. The largest absolute Gasteiger partial charge is 0.491 e. The molecule has 5 nitrogen and oxygen atoms in total. The Morgan fingerprint density at radius 3 is 2.62 bits per heavy atom. The summed E-state index contributed by atoms with van der Waals surface area (Å²) in [5, 5.41) is 12.2. The van der Waals surface area contributed by atoms with E-state index in [1.807, 2.05) is 54.6 Å². The summed E-state index contributed by atoms with van der Waals surface area (Å²) < 4.78 is 17.3. The third kappa shape index (κ3) is 4.40. The highest BCUT2D eigenvalue weighted by Gasteiger charge is 2.28. The third-order valence-corrected chi connectivity index (χ3v) is 4.08. The highest BCUT2D eigenvalue weighted by Crippen LogP contribution is 2.31. The molecule has 5 heteroatoms. The van der Waals surface area contributed by atoms with Crippen LogP contribution in [0.15, 0.2) is 54.6 Å². The van der Waals surface area contributed by atoms with Crippen molar-refractivity contribution in [2.24, 2.45) is 0 Å². The van der Waals surface area contributed by atoms with Crippen LogP contribution >= 0.6 is 0 Å². The summed E-state index contributed by atoms with van der Waals surface area (Å²) in [7, 11) is 0. The van der Waals surface area contributed by atoms with Crippen molar-refractivity contribution in [3.05, 3.63) is 54.6 Å². The third-order valence-electron chi connectivity index (χ3n) is 4.08. The lowest BCUT2D eigenvalue weighted by Crippen LogP contribution is -2.94. The lowest BCUT2D eigenvalue weighted by atomic mass is 10.1. The number of quaternary nitrogens is 1. The average molecular weight is 330 g/mol. The van der Waals surface area contributed by atoms with Crippen molar-refractivity contribution in [3.8, 4) is 17.2 Å². The topological polar surface area (TPSA) is 64.5 Å². The number of rotatable bonds is 7. The summed E-state index contributed by atoms with van der Waals surface area (Å²) in [6, 6.07) is 17.4. The zero-order valence-electron chi connectivity index (χ0n) is 13.8. The van der Waals surface area contributed by atoms with Gasteiger partial charge < -0.3 is 24.6 Å². The fraction of sp³-hybridized carbons (Fsp3) is 0.368. The second-order valence-electron chi connectivity index (χ2n) is 6.02. The second-order valence-corrected chi connectivity index (χ2v) is 6.02. The number of aliphatic hydroxyl groups is 1. The van der Waals surface area contributed by atoms with Crippen LogP contribution in [0.3, 0.4) is 0 Å². The summed E-state index contributed by atoms with van der Waals surface area (Å²) in [6.07, 6.45) is -0.577. The smallest absolute Gasteiger partial charge is 0.184 e. The van der Waals surface area contributed by atoms with Crippen molar-refractivity contribution in [1.29, 1.82) is 0 Å². The van der Waals surface area contributed by atoms with Gasteiger partial charge in [0.05, 0.1) is 0 Å². The normalized spacial score (nSPS) is 18.7. The lowest BCUT2D eigenvalue weighted by Gasteiger charge is -2.29. The number of benzene rings is 2. The zero-order chi connectivity index (χ0) is 16.8. The van der Waals surface area contributed by atoms with E-state index in [-0.39, 0.29) is 18.8 Å². The standard InChI is InChI=1S/C19H23NO4/c1-14(19-13-23-17-9-5-6-10-18(17)24-19)20-11-15(21)12-22-16-7-3-2-4-8-16/h2-10,14-15,19-21H,11-13H2,1H3/p+1/t14-,15+,19+/m1/s1. The van der Waals surface area contributed by atoms with Crippen molar-refractivity contribution in [3.63, 3.8) is 0 Å². The number of nitrogens with two attached hydrogens (primary N) is 1. The number of hydrogen-bond donors (Lipinski definition) is 2. The van der Waals surface area contributed by atoms with Crippen molar-refractivity contribution in [1.82, 2.24) is 0 Å². The van der Waals surface area contributed by atoms with Crippen LogP contribution in [0.5, 0.6) is 17.2 Å². The Bertz CT molecular complexity index is 634. The van der Waals surface area contributed by atoms with Gasteiger partial charge in [0.25, 0.3) is 0 Å². The molecular weight excluding hydrogens is 306 g/mol. The Balaban J connectivity index is 1.41. The van der Waals surface area contributed by atoms with Gasteiger partial charge in [-0.15, -0.1) is 0 Å². The van der Waals surface area contributed by atoms with Gasteiger partial charge in [-0.3, -0.25) is 0 Å². The Labute approximate surface area is 142 Å². The lowest BCUT2D eigenvalue weighted by molar-refractivity contribution is -0.698. The van der Waals surface area contributed by atoms with Crippen molar-refractivity contribution in [2.75, 3.05) is 19.8 Å². The summed E-state index contributed by atoms with van der Waals surface area (Å²) in [5.41, 5.74) is 0. The zero-order valence-corrected chi connectivity index (χ0v) is 13.8. The van der Waals surface area contributed by atoms with E-state index in [1.165, 1.54) is 0 Å². The summed E-state index contributed by atoms with van der Waals surface area (Å²) in [4.78, 5) is 0. The number of hydrogen-bond acceptors (Lipinski definition) is 4. The van der Waals surface area contributed by atoms with Gasteiger partial charge in [-0.2, -0.15) is 0 Å². The predicted molar refractivity (Wildman–Crippen MR) is 90.6 cm³/mol. The van der Waals surface area contributed by atoms with E-state index in [0.717, 1.165) is 17.2 Å². The number of aliphatic hydroxyl groups excluding tert-OH is 1. The molecule has 3 N–H and O–H groups in total. The van der Waals surface area contributed by atoms with Crippen molar-refractivity contribution >= 4 is 0 Å². The van der Waals surface area contributed by atoms with E-state index in [2.05, 4.69) is 12.2 Å². The van der Waals surface area contributed by atoms with Gasteiger partial charge in [-0.25, -0.2) is 0 Å². The van der Waals surface area contributed by atoms with Crippen LogP contribution < -0.4 is 19.5 Å². The van der Waals surface area contributed by atoms with Crippen LogP contribution in [0.2, 0.25) is 0 Å². The summed E-state index contributed by atoms with van der Waals surface area (Å²) >= 11 is 0. The van der Waals surface area contributed by atoms with Gasteiger partial charge in [0, 0.05) is 0 Å². The van der Waals surface area contributed by atoms with E-state index in [9.17, 15) is 5.11 Å². The molecule has 2 aromatic carbocycles. The van der Waals surface area contributed by atoms with E-state index in [4.69, 9.17) is 14.2 Å². The molecule has 24 heavy (non-hydrogen) atoms. The van der Waals surface area contributed by atoms with Gasteiger partial charge in [0.15, 0.2) is 17.6 Å². The number of ether oxygens (including phenoxy) is 3. The Morgan fingerprint density at radius 2 is 1.83 bits per heavy atom. The fourth-order valence-corrected chi connectivity index (χ4v) is 2.60. The quantitative estimate of drug-likeness (QED) is 0.801. The van der Waals surface area contributed by atoms with Gasteiger partial charge in [0.1, 0.15) is 37.7 Å². The Hall–Kier alpha value is -2.24. The maximum absolute atomic E-state index is 10.1. The number of fused-ring (bicyclic) bond motifs is 1. The molecule has 1 aliphatic rings. The van der Waals surface area contributed by atoms with Gasteiger partial charge in [0.2, 0.25) is 0 Å². The van der Waals surface area contributed by atoms with Crippen LogP contribution in [0.25, 0.3) is 0 Å². The first-order valence-electron chi connectivity index (χ1n) is 8.30. The highest BCUT2D eigenvalue weighted by molar-refractivity contribution is 5.40. The molecule has 0 spiro atoms. The molecule has 128 valence electrons. The van der Waals surface area contributed by atoms with Crippen molar-refractivity contribution < 1.29 is 24.6 Å². The molecule has 0 aliphatic carbocycles. The molecule has 1 heterocycles. The summed E-state index contributed by atoms with van der Waals surface area (Å²) in [5.74, 6) is 2.34. The average Bonchev–Trinajstić information content (AvgIpc) is 2.65. The van der Waals surface area contributed by atoms with E-state index >= 15 is 0 Å². The van der Waals surface area contributed by atoms with Crippen LogP contribution in [0.1, 0.15) is 6.92 Å². The molecule has 0 unspecified atom stereocenters. The SMILES string of the molecule is C[C@@H]([NH2+]C[C@H](O)COc1ccccc1)[C@@H]1COc2ccccc2O1. The van der Waals surface area contributed by atoms with E-state index in [1.54, 1.807) is 0 Å². The maximum atomic E-state index is 10.1. The van der Waals surface area contributed by atoms with E-state index < -0.39 is 6.10 Å².